The Hall–Kier alpha value is -1.57. The Morgan fingerprint density at radius 3 is 2.61 bits per heavy atom. The highest BCUT2D eigenvalue weighted by Gasteiger charge is 2.49. The third-order valence-electron chi connectivity index (χ3n) is 4.75. The van der Waals surface area contributed by atoms with Gasteiger partial charge in [0.25, 0.3) is 0 Å². The second kappa shape index (κ2) is 6.51. The zero-order valence-corrected chi connectivity index (χ0v) is 13.9. The van der Waals surface area contributed by atoms with Crippen molar-refractivity contribution in [2.45, 2.75) is 31.0 Å². The van der Waals surface area contributed by atoms with E-state index in [4.69, 9.17) is 5.11 Å². The van der Waals surface area contributed by atoms with Crippen LogP contribution in [-0.4, -0.2) is 57.4 Å². The number of benzene rings is 1. The molecule has 1 spiro atoms. The van der Waals surface area contributed by atoms with E-state index in [1.807, 2.05) is 46.6 Å². The third kappa shape index (κ3) is 3.36. The fourth-order valence-corrected chi connectivity index (χ4v) is 4.04. The number of hydrogen-bond acceptors (Lipinski definition) is 5. The minimum Gasteiger partial charge on any atom is -0.472 e. The van der Waals surface area contributed by atoms with Crippen molar-refractivity contribution in [3.8, 4) is 0 Å². The molecule has 0 aliphatic carbocycles. The molecule has 0 bridgehead atoms. The lowest BCUT2D eigenvalue weighted by Crippen LogP contribution is -2.57. The number of likely N-dealkylation sites (N-methyl/N-ethyl adjacent to an activating group) is 1. The van der Waals surface area contributed by atoms with Gasteiger partial charge in [0.1, 0.15) is 0 Å². The van der Waals surface area contributed by atoms with Gasteiger partial charge in [0.2, 0.25) is 5.91 Å². The average Bonchev–Trinajstić information content (AvgIpc) is 2.76. The van der Waals surface area contributed by atoms with Crippen LogP contribution in [0.5, 0.6) is 0 Å². The minimum atomic E-state index is -0.883. The smallest absolute Gasteiger partial charge is 0.380 e. The molecule has 124 valence electrons. The van der Waals surface area contributed by atoms with Crippen LogP contribution >= 0.6 is 11.9 Å². The molecule has 0 aromatic heterocycles. The van der Waals surface area contributed by atoms with E-state index < -0.39 is 5.30 Å². The van der Waals surface area contributed by atoms with E-state index in [-0.39, 0.29) is 17.6 Å². The molecule has 6 nitrogen and oxygen atoms in total. The van der Waals surface area contributed by atoms with Crippen LogP contribution in [0.15, 0.2) is 30.3 Å². The predicted octanol–water partition coefficient (Wildman–Crippen LogP) is 1.78. The zero-order valence-electron chi connectivity index (χ0n) is 13.1. The van der Waals surface area contributed by atoms with Crippen molar-refractivity contribution in [3.05, 3.63) is 35.9 Å². The molecular weight excluding hydrogens is 314 g/mol. The maximum absolute atomic E-state index is 12.6. The number of amides is 1. The van der Waals surface area contributed by atoms with Gasteiger partial charge in [0, 0.05) is 32.1 Å². The molecule has 1 unspecified atom stereocenters. The first kappa shape index (κ1) is 16.3. The van der Waals surface area contributed by atoms with Gasteiger partial charge < -0.3 is 10.0 Å². The summed E-state index contributed by atoms with van der Waals surface area (Å²) in [6.45, 7) is 1.30. The van der Waals surface area contributed by atoms with Gasteiger partial charge in [-0.1, -0.05) is 30.3 Å². The van der Waals surface area contributed by atoms with Crippen LogP contribution in [0.1, 0.15) is 18.4 Å². The zero-order chi connectivity index (χ0) is 16.4. The molecule has 2 aliphatic heterocycles. The number of piperidine rings is 1. The molecule has 3 rings (SSSR count). The van der Waals surface area contributed by atoms with Crippen molar-refractivity contribution in [1.29, 1.82) is 0 Å². The lowest BCUT2D eigenvalue weighted by Gasteiger charge is -2.42. The Kier molecular flexibility index (Phi) is 4.61. The Bertz CT molecular complexity index is 587. The number of carbonyl (C=O) groups excluding carboxylic acids is 1. The number of nitrogens with zero attached hydrogens (tertiary/aromatic N) is 2. The second-order valence-corrected chi connectivity index (χ2v) is 7.15. The number of hydrogen-bond donors (Lipinski definition) is 2. The van der Waals surface area contributed by atoms with Crippen molar-refractivity contribution in [2.24, 2.45) is 0 Å². The summed E-state index contributed by atoms with van der Waals surface area (Å²) in [6, 6.07) is 9.79. The largest absolute Gasteiger partial charge is 0.472 e. The topological polar surface area (TPSA) is 72.9 Å². The summed E-state index contributed by atoms with van der Waals surface area (Å²) >= 11 is 0.842. The van der Waals surface area contributed by atoms with E-state index in [2.05, 4.69) is 5.32 Å². The molecule has 1 amide bonds. The number of rotatable bonds is 3. The highest BCUT2D eigenvalue weighted by molar-refractivity contribution is 8.11. The quantitative estimate of drug-likeness (QED) is 0.821. The van der Waals surface area contributed by atoms with E-state index in [1.165, 1.54) is 0 Å². The van der Waals surface area contributed by atoms with Crippen LogP contribution in [0.4, 0.5) is 4.79 Å². The maximum Gasteiger partial charge on any atom is 0.380 e. The second-order valence-electron chi connectivity index (χ2n) is 6.10. The van der Waals surface area contributed by atoms with Gasteiger partial charge in [0.15, 0.2) is 0 Å². The summed E-state index contributed by atoms with van der Waals surface area (Å²) in [6.07, 6.45) is 2.15. The van der Waals surface area contributed by atoms with Crippen molar-refractivity contribution in [3.63, 3.8) is 0 Å². The third-order valence-corrected chi connectivity index (χ3v) is 5.53. The lowest BCUT2D eigenvalue weighted by atomic mass is 9.97. The SMILES string of the molecule is CN1C(=O)C(Cc2ccccc2)NC12CCN(SC(=O)O)CC2. The Balaban J connectivity index is 1.66. The Labute approximate surface area is 140 Å². The highest BCUT2D eigenvalue weighted by atomic mass is 32.2. The summed E-state index contributed by atoms with van der Waals surface area (Å²) in [5, 5.41) is 11.5. The van der Waals surface area contributed by atoms with Crippen molar-refractivity contribution < 1.29 is 14.7 Å². The van der Waals surface area contributed by atoms with Gasteiger partial charge in [-0.3, -0.25) is 10.1 Å². The van der Waals surface area contributed by atoms with E-state index in [0.29, 0.717) is 19.5 Å². The molecule has 2 fully saturated rings. The summed E-state index contributed by atoms with van der Waals surface area (Å²) < 4.78 is 1.85. The molecule has 1 aromatic carbocycles. The van der Waals surface area contributed by atoms with E-state index in [1.54, 1.807) is 0 Å². The fraction of sp³-hybridized carbons (Fsp3) is 0.500. The van der Waals surface area contributed by atoms with Gasteiger partial charge in [-0.2, -0.15) is 0 Å². The molecule has 7 heteroatoms. The molecule has 2 N–H and O–H groups in total. The molecular formula is C16H21N3O3S. The average molecular weight is 335 g/mol. The maximum atomic E-state index is 12.6. The molecule has 2 heterocycles. The normalized spacial score (nSPS) is 24.3. The van der Waals surface area contributed by atoms with Crippen LogP contribution in [0.25, 0.3) is 0 Å². The van der Waals surface area contributed by atoms with Crippen molar-refractivity contribution in [2.75, 3.05) is 20.1 Å². The lowest BCUT2D eigenvalue weighted by molar-refractivity contribution is -0.131. The molecule has 1 atom stereocenters. The van der Waals surface area contributed by atoms with Gasteiger partial charge in [-0.25, -0.2) is 9.10 Å². The van der Waals surface area contributed by atoms with Crippen LogP contribution in [-0.2, 0) is 11.2 Å². The van der Waals surface area contributed by atoms with Crippen LogP contribution in [0.2, 0.25) is 0 Å². The molecule has 1 aromatic rings. The molecule has 23 heavy (non-hydrogen) atoms. The molecule has 2 saturated heterocycles. The first-order valence-electron chi connectivity index (χ1n) is 7.75. The van der Waals surface area contributed by atoms with Gasteiger partial charge in [-0.15, -0.1) is 0 Å². The van der Waals surface area contributed by atoms with Crippen LogP contribution < -0.4 is 5.32 Å². The fourth-order valence-electron chi connectivity index (χ4n) is 3.45. The monoisotopic (exact) mass is 335 g/mol. The minimum absolute atomic E-state index is 0.119. The summed E-state index contributed by atoms with van der Waals surface area (Å²) in [5.74, 6) is 0.119. The van der Waals surface area contributed by atoms with E-state index >= 15 is 0 Å². The summed E-state index contributed by atoms with van der Waals surface area (Å²) in [7, 11) is 1.85. The molecule has 2 aliphatic rings. The van der Waals surface area contributed by atoms with E-state index in [9.17, 15) is 9.59 Å². The van der Waals surface area contributed by atoms with Crippen molar-refractivity contribution in [1.82, 2.24) is 14.5 Å². The number of carboxylic acid groups (broad SMARTS) is 1. The van der Waals surface area contributed by atoms with Gasteiger partial charge in [-0.05, 0) is 24.8 Å². The predicted molar refractivity (Wildman–Crippen MR) is 89.0 cm³/mol. The molecule has 0 radical (unpaired) electrons. The van der Waals surface area contributed by atoms with Gasteiger partial charge >= 0.3 is 5.30 Å². The number of nitrogens with one attached hydrogen (secondary N) is 1. The Morgan fingerprint density at radius 2 is 2.00 bits per heavy atom. The standard InChI is InChI=1S/C16H21N3O3S/c1-18-14(20)13(11-12-5-3-2-4-6-12)17-16(18)7-9-19(10-8-16)23-15(21)22/h2-6,13,17H,7-11H2,1H3,(H,21,22). The number of carbonyl (C=O) groups is 2. The summed E-state index contributed by atoms with van der Waals surface area (Å²) in [5.41, 5.74) is 0.800. The molecule has 0 saturated carbocycles. The van der Waals surface area contributed by atoms with Crippen LogP contribution in [0.3, 0.4) is 0 Å². The first-order valence-corrected chi connectivity index (χ1v) is 8.53. The van der Waals surface area contributed by atoms with Crippen LogP contribution in [0, 0.1) is 0 Å². The first-order chi connectivity index (χ1) is 11.0. The Morgan fingerprint density at radius 1 is 1.35 bits per heavy atom. The van der Waals surface area contributed by atoms with Crippen molar-refractivity contribution >= 4 is 23.2 Å². The summed E-state index contributed by atoms with van der Waals surface area (Å²) in [4.78, 5) is 25.2. The van der Waals surface area contributed by atoms with E-state index in [0.717, 1.165) is 30.4 Å². The van der Waals surface area contributed by atoms with Gasteiger partial charge in [0.05, 0.1) is 11.7 Å². The highest BCUT2D eigenvalue weighted by Crippen LogP contribution is 2.33.